The quantitative estimate of drug-likeness (QED) is 0.482. The standard InChI is InChI=1S/C18H26O/c1-4-14-7-6-8-16(11-14)18-12-15(5-2)9-10-17(18)13-19-3/h7,12-13H,4-6,8-11H2,1-3H3/b17-13+,18-16-. The van der Waals surface area contributed by atoms with Crippen molar-refractivity contribution in [3.63, 3.8) is 0 Å². The molecule has 0 amide bonds. The maximum absolute atomic E-state index is 5.28. The molecule has 0 aliphatic heterocycles. The summed E-state index contributed by atoms with van der Waals surface area (Å²) in [6.45, 7) is 4.52. The summed E-state index contributed by atoms with van der Waals surface area (Å²) in [5.41, 5.74) is 7.68. The Morgan fingerprint density at radius 3 is 2.58 bits per heavy atom. The summed E-state index contributed by atoms with van der Waals surface area (Å²) in [5.74, 6) is 0. The smallest absolute Gasteiger partial charge is 0.0862 e. The third kappa shape index (κ3) is 3.40. The molecule has 0 aromatic heterocycles. The predicted molar refractivity (Wildman–Crippen MR) is 82.0 cm³/mol. The Bertz CT molecular complexity index is 446. The van der Waals surface area contributed by atoms with Crippen LogP contribution in [0.15, 0.2) is 46.3 Å². The molecule has 0 aromatic rings. The molecule has 0 bridgehead atoms. The van der Waals surface area contributed by atoms with Crippen LogP contribution in [0.2, 0.25) is 0 Å². The third-order valence-corrected chi connectivity index (χ3v) is 4.28. The Kier molecular flexibility index (Phi) is 5.07. The van der Waals surface area contributed by atoms with E-state index in [1.807, 2.05) is 6.26 Å². The molecular formula is C18H26O. The van der Waals surface area contributed by atoms with E-state index in [1.165, 1.54) is 49.7 Å². The van der Waals surface area contributed by atoms with Crippen molar-refractivity contribution in [1.82, 2.24) is 0 Å². The minimum Gasteiger partial charge on any atom is -0.504 e. The zero-order valence-electron chi connectivity index (χ0n) is 12.6. The number of ether oxygens (including phenoxy) is 1. The lowest BCUT2D eigenvalue weighted by molar-refractivity contribution is 0.333. The van der Waals surface area contributed by atoms with Crippen LogP contribution < -0.4 is 0 Å². The molecule has 0 fully saturated rings. The maximum atomic E-state index is 5.28. The summed E-state index contributed by atoms with van der Waals surface area (Å²) < 4.78 is 5.28. The van der Waals surface area contributed by atoms with E-state index >= 15 is 0 Å². The highest BCUT2D eigenvalue weighted by Crippen LogP contribution is 2.36. The van der Waals surface area contributed by atoms with Gasteiger partial charge in [0.2, 0.25) is 0 Å². The van der Waals surface area contributed by atoms with E-state index in [0.29, 0.717) is 0 Å². The van der Waals surface area contributed by atoms with Crippen LogP contribution in [0.1, 0.15) is 58.8 Å². The molecule has 19 heavy (non-hydrogen) atoms. The highest BCUT2D eigenvalue weighted by molar-refractivity contribution is 5.49. The van der Waals surface area contributed by atoms with E-state index in [-0.39, 0.29) is 0 Å². The molecule has 0 saturated heterocycles. The second-order valence-electron chi connectivity index (χ2n) is 5.48. The van der Waals surface area contributed by atoms with Gasteiger partial charge in [0.05, 0.1) is 13.4 Å². The van der Waals surface area contributed by atoms with Gasteiger partial charge in [-0.1, -0.05) is 42.7 Å². The lowest BCUT2D eigenvalue weighted by Gasteiger charge is -2.24. The Morgan fingerprint density at radius 1 is 1.11 bits per heavy atom. The minimum atomic E-state index is 1.14. The van der Waals surface area contributed by atoms with Crippen molar-refractivity contribution >= 4 is 0 Å². The van der Waals surface area contributed by atoms with E-state index < -0.39 is 0 Å². The normalized spacial score (nSPS) is 26.2. The maximum Gasteiger partial charge on any atom is 0.0862 e. The molecule has 0 radical (unpaired) electrons. The van der Waals surface area contributed by atoms with Crippen LogP contribution in [0, 0.1) is 0 Å². The number of allylic oxidation sites excluding steroid dienone is 7. The summed E-state index contributed by atoms with van der Waals surface area (Å²) in [6, 6.07) is 0. The first-order valence-corrected chi connectivity index (χ1v) is 7.60. The van der Waals surface area contributed by atoms with Gasteiger partial charge in [0.25, 0.3) is 0 Å². The van der Waals surface area contributed by atoms with E-state index in [1.54, 1.807) is 23.8 Å². The molecular weight excluding hydrogens is 232 g/mol. The molecule has 0 unspecified atom stereocenters. The van der Waals surface area contributed by atoms with Crippen molar-refractivity contribution in [2.75, 3.05) is 7.11 Å². The van der Waals surface area contributed by atoms with Crippen molar-refractivity contribution in [2.45, 2.75) is 58.8 Å². The van der Waals surface area contributed by atoms with E-state index in [0.717, 1.165) is 6.42 Å². The van der Waals surface area contributed by atoms with Crippen LogP contribution in [0.3, 0.4) is 0 Å². The zero-order valence-corrected chi connectivity index (χ0v) is 12.6. The molecule has 2 aliphatic rings. The first-order chi connectivity index (χ1) is 9.28. The number of rotatable bonds is 3. The Labute approximate surface area is 117 Å². The average molecular weight is 258 g/mol. The number of methoxy groups -OCH3 is 1. The van der Waals surface area contributed by atoms with Crippen LogP contribution in [0.4, 0.5) is 0 Å². The second-order valence-corrected chi connectivity index (χ2v) is 5.48. The lowest BCUT2D eigenvalue weighted by Crippen LogP contribution is -2.05. The molecule has 2 aliphatic carbocycles. The van der Waals surface area contributed by atoms with Gasteiger partial charge in [-0.3, -0.25) is 0 Å². The average Bonchev–Trinajstić information content (AvgIpc) is 2.48. The van der Waals surface area contributed by atoms with Crippen LogP contribution in [0.25, 0.3) is 0 Å². The molecule has 0 heterocycles. The molecule has 1 nitrogen and oxygen atoms in total. The Balaban J connectivity index is 2.36. The summed E-state index contributed by atoms with van der Waals surface area (Å²) >= 11 is 0. The summed E-state index contributed by atoms with van der Waals surface area (Å²) in [4.78, 5) is 0. The van der Waals surface area contributed by atoms with Gasteiger partial charge >= 0.3 is 0 Å². The minimum absolute atomic E-state index is 1.14. The molecule has 0 atom stereocenters. The van der Waals surface area contributed by atoms with Gasteiger partial charge in [0.15, 0.2) is 0 Å². The molecule has 0 spiro atoms. The molecule has 104 valence electrons. The molecule has 0 saturated carbocycles. The van der Waals surface area contributed by atoms with Gasteiger partial charge in [0, 0.05) is 0 Å². The predicted octanol–water partition coefficient (Wildman–Crippen LogP) is 5.46. The zero-order chi connectivity index (χ0) is 13.7. The second kappa shape index (κ2) is 6.79. The van der Waals surface area contributed by atoms with Crippen molar-refractivity contribution in [3.8, 4) is 0 Å². The first-order valence-electron chi connectivity index (χ1n) is 7.60. The molecule has 1 heteroatoms. The highest BCUT2D eigenvalue weighted by atomic mass is 16.5. The van der Waals surface area contributed by atoms with Crippen LogP contribution in [-0.2, 0) is 4.74 Å². The Morgan fingerprint density at radius 2 is 1.89 bits per heavy atom. The van der Waals surface area contributed by atoms with Gasteiger partial charge in [-0.2, -0.15) is 0 Å². The van der Waals surface area contributed by atoms with Gasteiger partial charge in [-0.15, -0.1) is 0 Å². The van der Waals surface area contributed by atoms with Crippen LogP contribution >= 0.6 is 0 Å². The lowest BCUT2D eigenvalue weighted by atomic mass is 9.82. The Hall–Kier alpha value is -1.24. The number of hydrogen-bond acceptors (Lipinski definition) is 1. The van der Waals surface area contributed by atoms with Gasteiger partial charge in [-0.05, 0) is 56.1 Å². The van der Waals surface area contributed by atoms with Crippen molar-refractivity contribution in [3.05, 3.63) is 46.3 Å². The van der Waals surface area contributed by atoms with E-state index in [4.69, 9.17) is 4.74 Å². The van der Waals surface area contributed by atoms with E-state index in [9.17, 15) is 0 Å². The number of hydrogen-bond donors (Lipinski definition) is 0. The fourth-order valence-corrected chi connectivity index (χ4v) is 3.06. The monoisotopic (exact) mass is 258 g/mol. The van der Waals surface area contributed by atoms with E-state index in [2.05, 4.69) is 26.0 Å². The fraction of sp³-hybridized carbons (Fsp3) is 0.556. The third-order valence-electron chi connectivity index (χ3n) is 4.28. The van der Waals surface area contributed by atoms with Crippen molar-refractivity contribution < 1.29 is 4.74 Å². The molecule has 0 N–H and O–H groups in total. The van der Waals surface area contributed by atoms with Crippen molar-refractivity contribution in [1.29, 1.82) is 0 Å². The van der Waals surface area contributed by atoms with Crippen LogP contribution in [0.5, 0.6) is 0 Å². The highest BCUT2D eigenvalue weighted by Gasteiger charge is 2.18. The topological polar surface area (TPSA) is 9.23 Å². The summed E-state index contributed by atoms with van der Waals surface area (Å²) in [7, 11) is 1.76. The molecule has 2 rings (SSSR count). The van der Waals surface area contributed by atoms with Crippen molar-refractivity contribution in [2.24, 2.45) is 0 Å². The van der Waals surface area contributed by atoms with Crippen LogP contribution in [-0.4, -0.2) is 7.11 Å². The van der Waals surface area contributed by atoms with Gasteiger partial charge < -0.3 is 4.74 Å². The fourth-order valence-electron chi connectivity index (χ4n) is 3.06. The largest absolute Gasteiger partial charge is 0.504 e. The van der Waals surface area contributed by atoms with Gasteiger partial charge in [0.1, 0.15) is 0 Å². The summed E-state index contributed by atoms with van der Waals surface area (Å²) in [5, 5.41) is 0. The SMILES string of the molecule is CCC1=CC(=C2\CCC=C(CC)C2)/C(=C/OC)CC1. The first kappa shape index (κ1) is 14.2. The summed E-state index contributed by atoms with van der Waals surface area (Å²) in [6.07, 6.45) is 15.1. The molecule has 0 aromatic carbocycles. The van der Waals surface area contributed by atoms with Gasteiger partial charge in [-0.25, -0.2) is 0 Å².